The quantitative estimate of drug-likeness (QED) is 0.561. The summed E-state index contributed by atoms with van der Waals surface area (Å²) >= 11 is 0. The van der Waals surface area contributed by atoms with Crippen LogP contribution in [0.5, 0.6) is 0 Å². The van der Waals surface area contributed by atoms with Crippen molar-refractivity contribution in [3.63, 3.8) is 0 Å². The second kappa shape index (κ2) is 10.4. The molecular weight excluding hydrogens is 398 g/mol. The van der Waals surface area contributed by atoms with E-state index in [1.165, 1.54) is 35.5 Å². The van der Waals surface area contributed by atoms with Gasteiger partial charge < -0.3 is 15.4 Å². The maximum Gasteiger partial charge on any atom is 0.338 e. The number of rotatable bonds is 9. The summed E-state index contributed by atoms with van der Waals surface area (Å²) in [5, 5.41) is 5.09. The van der Waals surface area contributed by atoms with Gasteiger partial charge in [0.15, 0.2) is 6.61 Å². The van der Waals surface area contributed by atoms with Crippen LogP contribution in [0, 0.1) is 0 Å². The number of amides is 2. The summed E-state index contributed by atoms with van der Waals surface area (Å²) < 4.78 is 31.3. The average molecular weight is 426 g/mol. The molecule has 29 heavy (non-hydrogen) atoms. The van der Waals surface area contributed by atoms with Crippen molar-refractivity contribution in [3.8, 4) is 0 Å². The lowest BCUT2D eigenvalue weighted by Crippen LogP contribution is -2.46. The van der Waals surface area contributed by atoms with Crippen molar-refractivity contribution in [2.75, 3.05) is 26.2 Å². The standard InChI is InChI=1S/C19H27N3O6S/c1-3-10-20-18(24)14(2)21-17(23)13-28-19(25)15-6-8-16(9-7-15)29(26,27)22-11-4-5-12-22/h6-9,14H,3-5,10-13H2,1-2H3,(H,20,24)(H,21,23)/t14-/m1/s1. The lowest BCUT2D eigenvalue weighted by atomic mass is 10.2. The molecule has 0 aromatic heterocycles. The van der Waals surface area contributed by atoms with Crippen LogP contribution in [-0.2, 0) is 24.3 Å². The highest BCUT2D eigenvalue weighted by Crippen LogP contribution is 2.21. The van der Waals surface area contributed by atoms with E-state index < -0.39 is 34.5 Å². The van der Waals surface area contributed by atoms with E-state index in [4.69, 9.17) is 4.74 Å². The van der Waals surface area contributed by atoms with Gasteiger partial charge >= 0.3 is 5.97 Å². The van der Waals surface area contributed by atoms with Crippen molar-refractivity contribution in [2.24, 2.45) is 0 Å². The summed E-state index contributed by atoms with van der Waals surface area (Å²) in [7, 11) is -3.56. The Morgan fingerprint density at radius 1 is 1.14 bits per heavy atom. The monoisotopic (exact) mass is 425 g/mol. The van der Waals surface area contributed by atoms with Crippen molar-refractivity contribution in [1.82, 2.24) is 14.9 Å². The summed E-state index contributed by atoms with van der Waals surface area (Å²) in [5.74, 6) is -1.68. The molecule has 1 aliphatic heterocycles. The Labute approximate surface area is 170 Å². The molecule has 2 N–H and O–H groups in total. The number of carbonyl (C=O) groups is 3. The molecule has 1 aromatic carbocycles. The molecule has 0 radical (unpaired) electrons. The van der Waals surface area contributed by atoms with Crippen LogP contribution >= 0.6 is 0 Å². The topological polar surface area (TPSA) is 122 Å². The Balaban J connectivity index is 1.86. The van der Waals surface area contributed by atoms with Gasteiger partial charge in [-0.25, -0.2) is 13.2 Å². The zero-order chi connectivity index (χ0) is 21.4. The Bertz CT molecular complexity index is 832. The Morgan fingerprint density at radius 2 is 1.76 bits per heavy atom. The molecule has 1 atom stereocenters. The fourth-order valence-electron chi connectivity index (χ4n) is 2.80. The number of sulfonamides is 1. The second-order valence-electron chi connectivity index (χ2n) is 6.79. The summed E-state index contributed by atoms with van der Waals surface area (Å²) in [4.78, 5) is 35.8. The molecule has 0 unspecified atom stereocenters. The van der Waals surface area contributed by atoms with Crippen molar-refractivity contribution >= 4 is 27.8 Å². The molecule has 10 heteroatoms. The summed E-state index contributed by atoms with van der Waals surface area (Å²) in [5.41, 5.74) is 0.131. The number of hydrogen-bond acceptors (Lipinski definition) is 6. The molecule has 2 amide bonds. The number of nitrogens with zero attached hydrogens (tertiary/aromatic N) is 1. The van der Waals surface area contributed by atoms with Gasteiger partial charge in [-0.1, -0.05) is 6.92 Å². The zero-order valence-electron chi connectivity index (χ0n) is 16.6. The SMILES string of the molecule is CCCNC(=O)[C@@H](C)NC(=O)COC(=O)c1ccc(S(=O)(=O)N2CCCC2)cc1. The van der Waals surface area contributed by atoms with Gasteiger partial charge in [-0.15, -0.1) is 0 Å². The van der Waals surface area contributed by atoms with E-state index in [0.717, 1.165) is 19.3 Å². The number of esters is 1. The number of benzene rings is 1. The summed E-state index contributed by atoms with van der Waals surface area (Å²) in [6.45, 7) is 4.41. The Kier molecular flexibility index (Phi) is 8.15. The predicted octanol–water partition coefficient (Wildman–Crippen LogP) is 0.659. The molecule has 1 aliphatic rings. The first-order chi connectivity index (χ1) is 13.8. The molecular formula is C19H27N3O6S. The van der Waals surface area contributed by atoms with Crippen molar-refractivity contribution < 1.29 is 27.5 Å². The first kappa shape index (κ1) is 22.8. The summed E-state index contributed by atoms with van der Waals surface area (Å²) in [6.07, 6.45) is 2.46. The molecule has 2 rings (SSSR count). The highest BCUT2D eigenvalue weighted by molar-refractivity contribution is 7.89. The second-order valence-corrected chi connectivity index (χ2v) is 8.73. The van der Waals surface area contributed by atoms with E-state index in [2.05, 4.69) is 10.6 Å². The first-order valence-corrected chi connectivity index (χ1v) is 11.0. The normalized spacial score (nSPS) is 15.5. The summed E-state index contributed by atoms with van der Waals surface area (Å²) in [6, 6.07) is 4.66. The van der Waals surface area contributed by atoms with Crippen molar-refractivity contribution in [1.29, 1.82) is 0 Å². The average Bonchev–Trinajstić information content (AvgIpc) is 3.26. The maximum absolute atomic E-state index is 12.5. The van der Waals surface area contributed by atoms with Crippen LogP contribution in [-0.4, -0.2) is 62.8 Å². The van der Waals surface area contributed by atoms with Crippen LogP contribution < -0.4 is 10.6 Å². The molecule has 9 nitrogen and oxygen atoms in total. The number of hydrogen-bond donors (Lipinski definition) is 2. The molecule has 160 valence electrons. The maximum atomic E-state index is 12.5. The van der Waals surface area contributed by atoms with Gasteiger partial charge in [-0.3, -0.25) is 9.59 Å². The van der Waals surface area contributed by atoms with Gasteiger partial charge in [0.1, 0.15) is 6.04 Å². The molecule has 0 spiro atoms. The van der Waals surface area contributed by atoms with Gasteiger partial charge in [-0.05, 0) is 50.5 Å². The molecule has 0 aliphatic carbocycles. The van der Waals surface area contributed by atoms with Crippen LogP contribution in [0.15, 0.2) is 29.2 Å². The van der Waals surface area contributed by atoms with Gasteiger partial charge in [0.25, 0.3) is 5.91 Å². The molecule has 1 saturated heterocycles. The highest BCUT2D eigenvalue weighted by atomic mass is 32.2. The van der Waals surface area contributed by atoms with E-state index in [1.807, 2.05) is 6.92 Å². The first-order valence-electron chi connectivity index (χ1n) is 9.60. The molecule has 1 heterocycles. The minimum Gasteiger partial charge on any atom is -0.452 e. The molecule has 0 bridgehead atoms. The van der Waals surface area contributed by atoms with Crippen LogP contribution in [0.2, 0.25) is 0 Å². The lowest BCUT2D eigenvalue weighted by Gasteiger charge is -2.15. The van der Waals surface area contributed by atoms with Crippen molar-refractivity contribution in [3.05, 3.63) is 29.8 Å². The van der Waals surface area contributed by atoms with E-state index in [1.54, 1.807) is 0 Å². The highest BCUT2D eigenvalue weighted by Gasteiger charge is 2.27. The number of nitrogens with one attached hydrogen (secondary N) is 2. The van der Waals surface area contributed by atoms with Crippen molar-refractivity contribution in [2.45, 2.75) is 44.0 Å². The van der Waals surface area contributed by atoms with E-state index in [-0.39, 0.29) is 16.4 Å². The minimum absolute atomic E-state index is 0.112. The third-order valence-electron chi connectivity index (χ3n) is 4.45. The fourth-order valence-corrected chi connectivity index (χ4v) is 4.32. The third kappa shape index (κ3) is 6.26. The van der Waals surface area contributed by atoms with Gasteiger partial charge in [0, 0.05) is 19.6 Å². The van der Waals surface area contributed by atoms with Crippen LogP contribution in [0.3, 0.4) is 0 Å². The van der Waals surface area contributed by atoms with Crippen LogP contribution in [0.4, 0.5) is 0 Å². The van der Waals surface area contributed by atoms with Gasteiger partial charge in [0.2, 0.25) is 15.9 Å². The molecule has 1 fully saturated rings. The predicted molar refractivity (Wildman–Crippen MR) is 106 cm³/mol. The molecule has 0 saturated carbocycles. The Hall–Kier alpha value is -2.46. The number of ether oxygens (including phenoxy) is 1. The molecule has 1 aromatic rings. The minimum atomic E-state index is -3.56. The third-order valence-corrected chi connectivity index (χ3v) is 6.36. The zero-order valence-corrected chi connectivity index (χ0v) is 17.5. The van der Waals surface area contributed by atoms with Crippen LogP contribution in [0.1, 0.15) is 43.5 Å². The fraction of sp³-hybridized carbons (Fsp3) is 0.526. The van der Waals surface area contributed by atoms with Crippen LogP contribution in [0.25, 0.3) is 0 Å². The Morgan fingerprint density at radius 3 is 2.34 bits per heavy atom. The largest absolute Gasteiger partial charge is 0.452 e. The van der Waals surface area contributed by atoms with Gasteiger partial charge in [0.05, 0.1) is 10.5 Å². The number of carbonyl (C=O) groups excluding carboxylic acids is 3. The van der Waals surface area contributed by atoms with E-state index in [0.29, 0.717) is 19.6 Å². The van der Waals surface area contributed by atoms with Gasteiger partial charge in [-0.2, -0.15) is 4.31 Å². The van der Waals surface area contributed by atoms with E-state index in [9.17, 15) is 22.8 Å². The lowest BCUT2D eigenvalue weighted by molar-refractivity contribution is -0.130. The smallest absolute Gasteiger partial charge is 0.338 e. The van der Waals surface area contributed by atoms with E-state index >= 15 is 0 Å².